The summed E-state index contributed by atoms with van der Waals surface area (Å²) in [6.45, 7) is 3.90. The van der Waals surface area contributed by atoms with Crippen LogP contribution in [-0.2, 0) is 0 Å². The van der Waals surface area contributed by atoms with Gasteiger partial charge in [0.2, 0.25) is 5.88 Å². The smallest absolute Gasteiger partial charge is 0.238 e. The maximum absolute atomic E-state index is 5.86. The Balaban J connectivity index is 2.16. The predicted molar refractivity (Wildman–Crippen MR) is 81.5 cm³/mol. The Morgan fingerprint density at radius 1 is 1.10 bits per heavy atom. The topological polar surface area (TPSA) is 57.4 Å². The Labute approximate surface area is 123 Å². The molecule has 0 bridgehead atoms. The molecule has 0 unspecified atom stereocenters. The number of benzene rings is 1. The van der Waals surface area contributed by atoms with Gasteiger partial charge in [0.15, 0.2) is 0 Å². The van der Waals surface area contributed by atoms with Crippen LogP contribution in [0.25, 0.3) is 0 Å². The summed E-state index contributed by atoms with van der Waals surface area (Å²) in [5.41, 5.74) is 6.41. The Morgan fingerprint density at radius 2 is 1.80 bits per heavy atom. The third-order valence-corrected chi connectivity index (χ3v) is 3.44. The lowest BCUT2D eigenvalue weighted by molar-refractivity contribution is 0.232. The molecule has 1 aromatic heterocycles. The summed E-state index contributed by atoms with van der Waals surface area (Å²) in [7, 11) is 1.65. The molecule has 5 heteroatoms. The number of methoxy groups -OCH3 is 1. The average molecular weight is 290 g/mol. The standard InChI is InChI=1S/C15H18N2O2S/c1-10(2)19-15-13(16)8-9-14(17-15)20-12-6-4-11(18-3)5-7-12/h4-10H,16H2,1-3H3. The third kappa shape index (κ3) is 3.81. The first-order valence-electron chi connectivity index (χ1n) is 6.33. The van der Waals surface area contributed by atoms with Gasteiger partial charge in [0.05, 0.1) is 18.9 Å². The van der Waals surface area contributed by atoms with Crippen LogP contribution in [0.5, 0.6) is 11.6 Å². The Bertz CT molecular complexity index is 571. The van der Waals surface area contributed by atoms with Crippen LogP contribution >= 0.6 is 11.8 Å². The summed E-state index contributed by atoms with van der Waals surface area (Å²) in [5.74, 6) is 1.32. The van der Waals surface area contributed by atoms with Crippen molar-refractivity contribution in [3.63, 3.8) is 0 Å². The fourth-order valence-corrected chi connectivity index (χ4v) is 2.35. The van der Waals surface area contributed by atoms with Crippen LogP contribution in [0.2, 0.25) is 0 Å². The van der Waals surface area contributed by atoms with Crippen molar-refractivity contribution in [1.82, 2.24) is 4.98 Å². The van der Waals surface area contributed by atoms with Crippen molar-refractivity contribution >= 4 is 17.4 Å². The molecule has 0 saturated heterocycles. The van der Waals surface area contributed by atoms with E-state index in [-0.39, 0.29) is 6.10 Å². The van der Waals surface area contributed by atoms with E-state index in [1.54, 1.807) is 18.9 Å². The first-order chi connectivity index (χ1) is 9.58. The molecule has 0 aliphatic heterocycles. The molecule has 0 spiro atoms. The minimum atomic E-state index is 0.0473. The van der Waals surface area contributed by atoms with E-state index >= 15 is 0 Å². The largest absolute Gasteiger partial charge is 0.497 e. The molecule has 0 aliphatic rings. The second kappa shape index (κ2) is 6.52. The zero-order valence-electron chi connectivity index (χ0n) is 11.8. The van der Waals surface area contributed by atoms with Crippen molar-refractivity contribution < 1.29 is 9.47 Å². The van der Waals surface area contributed by atoms with Gasteiger partial charge in [0.25, 0.3) is 0 Å². The van der Waals surface area contributed by atoms with E-state index in [1.807, 2.05) is 50.2 Å². The lowest BCUT2D eigenvalue weighted by atomic mass is 10.3. The molecule has 0 radical (unpaired) electrons. The van der Waals surface area contributed by atoms with Crippen LogP contribution in [0.3, 0.4) is 0 Å². The summed E-state index contributed by atoms with van der Waals surface area (Å²) < 4.78 is 10.7. The number of hydrogen-bond donors (Lipinski definition) is 1. The first kappa shape index (κ1) is 14.5. The second-order valence-electron chi connectivity index (χ2n) is 4.49. The van der Waals surface area contributed by atoms with E-state index in [0.29, 0.717) is 11.6 Å². The third-order valence-electron chi connectivity index (χ3n) is 2.49. The summed E-state index contributed by atoms with van der Waals surface area (Å²) in [4.78, 5) is 5.52. The Hall–Kier alpha value is -1.88. The predicted octanol–water partition coefficient (Wildman–Crippen LogP) is 3.61. The average Bonchev–Trinajstić information content (AvgIpc) is 2.43. The number of anilines is 1. The summed E-state index contributed by atoms with van der Waals surface area (Å²) in [5, 5.41) is 0.847. The van der Waals surface area contributed by atoms with Gasteiger partial charge in [-0.3, -0.25) is 0 Å². The van der Waals surface area contributed by atoms with Gasteiger partial charge in [0, 0.05) is 4.90 Å². The highest BCUT2D eigenvalue weighted by Crippen LogP contribution is 2.31. The number of nitrogens with zero attached hydrogens (tertiary/aromatic N) is 1. The van der Waals surface area contributed by atoms with Gasteiger partial charge in [-0.25, -0.2) is 4.98 Å². The van der Waals surface area contributed by atoms with Crippen molar-refractivity contribution in [1.29, 1.82) is 0 Å². The lowest BCUT2D eigenvalue weighted by Crippen LogP contribution is -2.09. The van der Waals surface area contributed by atoms with Crippen LogP contribution in [0.15, 0.2) is 46.3 Å². The molecule has 106 valence electrons. The number of nitrogens with two attached hydrogens (primary N) is 1. The molecule has 0 amide bonds. The molecule has 0 fully saturated rings. The van der Waals surface area contributed by atoms with Crippen LogP contribution in [0, 0.1) is 0 Å². The Kier molecular flexibility index (Phi) is 4.74. The van der Waals surface area contributed by atoms with E-state index in [0.717, 1.165) is 15.7 Å². The number of rotatable bonds is 5. The molecule has 0 aliphatic carbocycles. The number of aromatic nitrogens is 1. The van der Waals surface area contributed by atoms with Crippen molar-refractivity contribution in [2.45, 2.75) is 29.9 Å². The monoisotopic (exact) mass is 290 g/mol. The molecular formula is C15H18N2O2S. The Morgan fingerprint density at radius 3 is 2.40 bits per heavy atom. The van der Waals surface area contributed by atoms with Gasteiger partial charge in [-0.05, 0) is 50.2 Å². The van der Waals surface area contributed by atoms with Crippen molar-refractivity contribution in [2.75, 3.05) is 12.8 Å². The van der Waals surface area contributed by atoms with Gasteiger partial charge in [0.1, 0.15) is 10.8 Å². The highest BCUT2D eigenvalue weighted by molar-refractivity contribution is 7.99. The molecule has 1 heterocycles. The van der Waals surface area contributed by atoms with Crippen LogP contribution in [0.1, 0.15) is 13.8 Å². The second-order valence-corrected chi connectivity index (χ2v) is 5.58. The van der Waals surface area contributed by atoms with Crippen LogP contribution in [0.4, 0.5) is 5.69 Å². The van der Waals surface area contributed by atoms with Crippen molar-refractivity contribution in [2.24, 2.45) is 0 Å². The molecule has 4 nitrogen and oxygen atoms in total. The van der Waals surface area contributed by atoms with E-state index in [2.05, 4.69) is 4.98 Å². The SMILES string of the molecule is COc1ccc(Sc2ccc(N)c(OC(C)C)n2)cc1. The molecule has 2 aromatic rings. The molecule has 2 rings (SSSR count). The molecule has 1 aromatic carbocycles. The molecule has 20 heavy (non-hydrogen) atoms. The number of ether oxygens (including phenoxy) is 2. The highest BCUT2D eigenvalue weighted by atomic mass is 32.2. The van der Waals surface area contributed by atoms with Gasteiger partial charge in [-0.2, -0.15) is 0 Å². The molecule has 0 saturated carbocycles. The van der Waals surface area contributed by atoms with E-state index in [9.17, 15) is 0 Å². The van der Waals surface area contributed by atoms with Crippen molar-refractivity contribution in [3.8, 4) is 11.6 Å². The molecule has 0 atom stereocenters. The molecule has 2 N–H and O–H groups in total. The van der Waals surface area contributed by atoms with E-state index in [1.165, 1.54) is 0 Å². The van der Waals surface area contributed by atoms with Gasteiger partial charge < -0.3 is 15.2 Å². The van der Waals surface area contributed by atoms with Gasteiger partial charge in [-0.1, -0.05) is 11.8 Å². The summed E-state index contributed by atoms with van der Waals surface area (Å²) >= 11 is 1.55. The fraction of sp³-hybridized carbons (Fsp3) is 0.267. The number of pyridine rings is 1. The van der Waals surface area contributed by atoms with Crippen LogP contribution in [-0.4, -0.2) is 18.2 Å². The van der Waals surface area contributed by atoms with E-state index < -0.39 is 0 Å². The molecular weight excluding hydrogens is 272 g/mol. The highest BCUT2D eigenvalue weighted by Gasteiger charge is 2.07. The quantitative estimate of drug-likeness (QED) is 0.911. The number of nitrogen functional groups attached to an aromatic ring is 1. The maximum Gasteiger partial charge on any atom is 0.238 e. The fourth-order valence-electron chi connectivity index (χ4n) is 1.57. The minimum Gasteiger partial charge on any atom is -0.497 e. The summed E-state index contributed by atoms with van der Waals surface area (Å²) in [6, 6.07) is 11.5. The lowest BCUT2D eigenvalue weighted by Gasteiger charge is -2.12. The van der Waals surface area contributed by atoms with Gasteiger partial charge in [-0.15, -0.1) is 0 Å². The normalized spacial score (nSPS) is 10.6. The van der Waals surface area contributed by atoms with E-state index in [4.69, 9.17) is 15.2 Å². The minimum absolute atomic E-state index is 0.0473. The summed E-state index contributed by atoms with van der Waals surface area (Å²) in [6.07, 6.45) is 0.0473. The van der Waals surface area contributed by atoms with Crippen molar-refractivity contribution in [3.05, 3.63) is 36.4 Å². The zero-order valence-corrected chi connectivity index (χ0v) is 12.6. The maximum atomic E-state index is 5.86. The van der Waals surface area contributed by atoms with Gasteiger partial charge >= 0.3 is 0 Å². The first-order valence-corrected chi connectivity index (χ1v) is 7.15. The number of hydrogen-bond acceptors (Lipinski definition) is 5. The van der Waals surface area contributed by atoms with Crippen LogP contribution < -0.4 is 15.2 Å². The zero-order chi connectivity index (χ0) is 14.5.